The molecule has 106 valence electrons. The zero-order valence-electron chi connectivity index (χ0n) is 11.2. The van der Waals surface area contributed by atoms with E-state index in [0.717, 1.165) is 25.3 Å². The van der Waals surface area contributed by atoms with Gasteiger partial charge in [0.15, 0.2) is 0 Å². The van der Waals surface area contributed by atoms with Gasteiger partial charge in [0.05, 0.1) is 6.04 Å². The summed E-state index contributed by atoms with van der Waals surface area (Å²) < 4.78 is 29.4. The molecule has 0 spiro atoms. The Morgan fingerprint density at radius 3 is 2.75 bits per heavy atom. The average Bonchev–Trinajstić information content (AvgIpc) is 2.86. The Hall–Kier alpha value is -1.82. The second kappa shape index (κ2) is 5.28. The van der Waals surface area contributed by atoms with Crippen LogP contribution in [-0.4, -0.2) is 21.3 Å². The summed E-state index contributed by atoms with van der Waals surface area (Å²) in [6, 6.07) is 4.06. The van der Waals surface area contributed by atoms with Crippen molar-refractivity contribution < 1.29 is 8.78 Å². The summed E-state index contributed by atoms with van der Waals surface area (Å²) in [5.41, 5.74) is 0.0503. The summed E-state index contributed by atoms with van der Waals surface area (Å²) in [6.07, 6.45) is 1.04. The lowest BCUT2D eigenvalue weighted by Gasteiger charge is -2.24. The van der Waals surface area contributed by atoms with Gasteiger partial charge in [-0.3, -0.25) is 0 Å². The van der Waals surface area contributed by atoms with Crippen LogP contribution in [0.5, 0.6) is 0 Å². The Morgan fingerprint density at radius 2 is 2.05 bits per heavy atom. The van der Waals surface area contributed by atoms with Gasteiger partial charge >= 0.3 is 0 Å². The number of hydrogen-bond acceptors (Lipinski definition) is 3. The highest BCUT2D eigenvalue weighted by Gasteiger charge is 2.24. The Balaban J connectivity index is 1.95. The molecule has 0 saturated carbocycles. The standard InChI is InChI=1S/C14H16F2N4/c1-2-12-14-19-18-13(20(14)7-6-17-12)8-9-10(15)4-3-5-11(9)16/h3-5,12,17H,2,6-8H2,1H3. The highest BCUT2D eigenvalue weighted by Crippen LogP contribution is 2.22. The van der Waals surface area contributed by atoms with Crippen molar-refractivity contribution >= 4 is 0 Å². The largest absolute Gasteiger partial charge is 0.312 e. The molecule has 0 saturated heterocycles. The summed E-state index contributed by atoms with van der Waals surface area (Å²) in [7, 11) is 0. The van der Waals surface area contributed by atoms with Gasteiger partial charge in [0.2, 0.25) is 0 Å². The Morgan fingerprint density at radius 1 is 1.30 bits per heavy atom. The molecule has 0 amide bonds. The fourth-order valence-electron chi connectivity index (χ4n) is 2.61. The summed E-state index contributed by atoms with van der Waals surface area (Å²) in [5.74, 6) is 0.390. The van der Waals surface area contributed by atoms with Crippen molar-refractivity contribution in [3.8, 4) is 0 Å². The van der Waals surface area contributed by atoms with Crippen molar-refractivity contribution in [3.63, 3.8) is 0 Å². The molecule has 3 rings (SSSR count). The first-order valence-electron chi connectivity index (χ1n) is 6.79. The van der Waals surface area contributed by atoms with E-state index in [2.05, 4.69) is 22.4 Å². The fourth-order valence-corrected chi connectivity index (χ4v) is 2.61. The number of rotatable bonds is 3. The summed E-state index contributed by atoms with van der Waals surface area (Å²) in [5, 5.41) is 11.6. The van der Waals surface area contributed by atoms with E-state index < -0.39 is 11.6 Å². The lowest BCUT2D eigenvalue weighted by Crippen LogP contribution is -2.34. The molecule has 1 aromatic carbocycles. The molecule has 4 nitrogen and oxygen atoms in total. The average molecular weight is 278 g/mol. The van der Waals surface area contributed by atoms with Crippen molar-refractivity contribution in [1.82, 2.24) is 20.1 Å². The van der Waals surface area contributed by atoms with E-state index in [-0.39, 0.29) is 18.0 Å². The molecule has 1 aliphatic heterocycles. The molecule has 0 fully saturated rings. The minimum atomic E-state index is -0.539. The number of halogens is 2. The molecule has 0 bridgehead atoms. The quantitative estimate of drug-likeness (QED) is 0.936. The van der Waals surface area contributed by atoms with Crippen molar-refractivity contribution in [1.29, 1.82) is 0 Å². The van der Waals surface area contributed by atoms with Gasteiger partial charge in [-0.25, -0.2) is 8.78 Å². The monoisotopic (exact) mass is 278 g/mol. The van der Waals surface area contributed by atoms with E-state index in [1.807, 2.05) is 4.57 Å². The molecular formula is C14H16F2N4. The van der Waals surface area contributed by atoms with Gasteiger partial charge < -0.3 is 9.88 Å². The van der Waals surface area contributed by atoms with E-state index in [1.165, 1.54) is 18.2 Å². The maximum Gasteiger partial charge on any atom is 0.150 e. The Kier molecular flexibility index (Phi) is 3.48. The fraction of sp³-hybridized carbons (Fsp3) is 0.429. The number of nitrogens with one attached hydrogen (secondary N) is 1. The van der Waals surface area contributed by atoms with Gasteiger partial charge in [-0.15, -0.1) is 10.2 Å². The molecule has 1 aliphatic rings. The smallest absolute Gasteiger partial charge is 0.150 e. The molecule has 0 radical (unpaired) electrons. The lowest BCUT2D eigenvalue weighted by atomic mass is 10.1. The minimum Gasteiger partial charge on any atom is -0.312 e. The van der Waals surface area contributed by atoms with Gasteiger partial charge in [-0.1, -0.05) is 13.0 Å². The van der Waals surface area contributed by atoms with Crippen molar-refractivity contribution in [2.24, 2.45) is 0 Å². The second-order valence-electron chi connectivity index (χ2n) is 4.92. The van der Waals surface area contributed by atoms with Crippen LogP contribution < -0.4 is 5.32 Å². The number of fused-ring (bicyclic) bond motifs is 1. The summed E-state index contributed by atoms with van der Waals surface area (Å²) in [4.78, 5) is 0. The molecule has 2 heterocycles. The van der Waals surface area contributed by atoms with Crippen LogP contribution in [-0.2, 0) is 13.0 Å². The first-order valence-corrected chi connectivity index (χ1v) is 6.79. The van der Waals surface area contributed by atoms with Crippen LogP contribution in [0.15, 0.2) is 18.2 Å². The molecular weight excluding hydrogens is 262 g/mol. The first-order chi connectivity index (χ1) is 9.70. The summed E-state index contributed by atoms with van der Waals surface area (Å²) >= 11 is 0. The third-order valence-corrected chi connectivity index (χ3v) is 3.70. The van der Waals surface area contributed by atoms with Gasteiger partial charge in [0.1, 0.15) is 23.3 Å². The molecule has 1 atom stereocenters. The minimum absolute atomic E-state index is 0.0503. The van der Waals surface area contributed by atoms with Gasteiger partial charge in [-0.05, 0) is 18.6 Å². The maximum atomic E-state index is 13.7. The molecule has 1 N–H and O–H groups in total. The SMILES string of the molecule is CCC1NCCn2c(Cc3c(F)cccc3F)nnc21. The van der Waals surface area contributed by atoms with Crippen molar-refractivity contribution in [2.75, 3.05) is 6.54 Å². The molecule has 1 unspecified atom stereocenters. The zero-order chi connectivity index (χ0) is 14.1. The number of benzene rings is 1. The highest BCUT2D eigenvalue weighted by molar-refractivity contribution is 5.23. The molecule has 20 heavy (non-hydrogen) atoms. The predicted octanol–water partition coefficient (Wildman–Crippen LogP) is 2.20. The molecule has 0 aliphatic carbocycles. The van der Waals surface area contributed by atoms with Crippen LogP contribution >= 0.6 is 0 Å². The third kappa shape index (κ3) is 2.20. The summed E-state index contributed by atoms with van der Waals surface area (Å²) in [6.45, 7) is 3.61. The third-order valence-electron chi connectivity index (χ3n) is 3.70. The van der Waals surface area contributed by atoms with E-state index in [4.69, 9.17) is 0 Å². The van der Waals surface area contributed by atoms with Crippen LogP contribution in [0.1, 0.15) is 36.6 Å². The number of hydrogen-bond donors (Lipinski definition) is 1. The molecule has 1 aromatic heterocycles. The number of nitrogens with zero attached hydrogens (tertiary/aromatic N) is 3. The maximum absolute atomic E-state index is 13.7. The predicted molar refractivity (Wildman–Crippen MR) is 70.2 cm³/mol. The van der Waals surface area contributed by atoms with E-state index in [9.17, 15) is 8.78 Å². The van der Waals surface area contributed by atoms with Crippen LogP contribution in [0.2, 0.25) is 0 Å². The first kappa shape index (κ1) is 13.2. The highest BCUT2D eigenvalue weighted by atomic mass is 19.1. The van der Waals surface area contributed by atoms with E-state index >= 15 is 0 Å². The molecule has 6 heteroatoms. The molecule has 2 aromatic rings. The zero-order valence-corrected chi connectivity index (χ0v) is 11.2. The van der Waals surface area contributed by atoms with Gasteiger partial charge in [0, 0.05) is 25.1 Å². The van der Waals surface area contributed by atoms with E-state index in [0.29, 0.717) is 5.82 Å². The van der Waals surface area contributed by atoms with Gasteiger partial charge in [-0.2, -0.15) is 0 Å². The van der Waals surface area contributed by atoms with Gasteiger partial charge in [0.25, 0.3) is 0 Å². The van der Waals surface area contributed by atoms with Crippen molar-refractivity contribution in [2.45, 2.75) is 32.4 Å². The van der Waals surface area contributed by atoms with E-state index in [1.54, 1.807) is 0 Å². The lowest BCUT2D eigenvalue weighted by molar-refractivity contribution is 0.400. The Bertz CT molecular complexity index is 603. The Labute approximate surface area is 115 Å². The van der Waals surface area contributed by atoms with Crippen LogP contribution in [0.3, 0.4) is 0 Å². The number of aromatic nitrogens is 3. The topological polar surface area (TPSA) is 42.7 Å². The van der Waals surface area contributed by atoms with Crippen molar-refractivity contribution in [3.05, 3.63) is 47.0 Å². The second-order valence-corrected chi connectivity index (χ2v) is 4.92. The van der Waals surface area contributed by atoms with Crippen LogP contribution in [0.4, 0.5) is 8.78 Å². The van der Waals surface area contributed by atoms with Crippen LogP contribution in [0, 0.1) is 11.6 Å². The van der Waals surface area contributed by atoms with Crippen LogP contribution in [0.25, 0.3) is 0 Å². The normalized spacial score (nSPS) is 18.1.